The van der Waals surface area contributed by atoms with E-state index in [1.165, 1.54) is 24.8 Å². The summed E-state index contributed by atoms with van der Waals surface area (Å²) in [5.41, 5.74) is 9.61. The summed E-state index contributed by atoms with van der Waals surface area (Å²) in [5, 5.41) is 0. The molecule has 0 spiro atoms. The van der Waals surface area contributed by atoms with Crippen molar-refractivity contribution in [1.29, 1.82) is 0 Å². The maximum atomic E-state index is 6.30. The van der Waals surface area contributed by atoms with Crippen LogP contribution in [0.1, 0.15) is 44.2 Å². The van der Waals surface area contributed by atoms with Crippen LogP contribution >= 0.6 is 0 Å². The molecule has 0 aliphatic rings. The van der Waals surface area contributed by atoms with Gasteiger partial charge in [0, 0.05) is 17.8 Å². The van der Waals surface area contributed by atoms with Crippen molar-refractivity contribution in [2.45, 2.75) is 38.6 Å². The smallest absolute Gasteiger partial charge is 0.0927 e. The summed E-state index contributed by atoms with van der Waals surface area (Å²) in [6, 6.07) is 8.38. The van der Waals surface area contributed by atoms with Gasteiger partial charge in [-0.15, -0.1) is 0 Å². The molecule has 18 heavy (non-hydrogen) atoms. The van der Waals surface area contributed by atoms with Gasteiger partial charge in [-0.2, -0.15) is 0 Å². The second-order valence-electron chi connectivity index (χ2n) is 4.64. The Hall–Kier alpha value is -1.61. The molecule has 1 aromatic carbocycles. The Kier molecular flexibility index (Phi) is 4.53. The maximum absolute atomic E-state index is 6.30. The number of nitrogens with one attached hydrogen (secondary N) is 1. The van der Waals surface area contributed by atoms with Crippen LogP contribution in [0.5, 0.6) is 0 Å². The van der Waals surface area contributed by atoms with Crippen LogP contribution < -0.4 is 5.73 Å². The number of nitrogens with two attached hydrogens (primary N) is 1. The first-order valence-electron chi connectivity index (χ1n) is 6.66. The number of H-pyrrole nitrogens is 1. The Morgan fingerprint density at radius 2 is 2.11 bits per heavy atom. The van der Waals surface area contributed by atoms with Crippen LogP contribution in [0.25, 0.3) is 11.3 Å². The van der Waals surface area contributed by atoms with E-state index in [1.807, 2.05) is 18.3 Å². The van der Waals surface area contributed by atoms with Crippen molar-refractivity contribution in [3.8, 4) is 11.3 Å². The first kappa shape index (κ1) is 12.8. The number of hydrogen-bond donors (Lipinski definition) is 2. The molecule has 0 radical (unpaired) electrons. The fraction of sp³-hybridized carbons (Fsp3) is 0.400. The van der Waals surface area contributed by atoms with Crippen LogP contribution in [0.4, 0.5) is 0 Å². The summed E-state index contributed by atoms with van der Waals surface area (Å²) in [6.45, 7) is 2.21. The molecule has 0 saturated heterocycles. The third-order valence-corrected chi connectivity index (χ3v) is 3.25. The Balaban J connectivity index is 2.17. The molecule has 2 aromatic rings. The highest BCUT2D eigenvalue weighted by Gasteiger charge is 2.12. The maximum Gasteiger partial charge on any atom is 0.0927 e. The van der Waals surface area contributed by atoms with Gasteiger partial charge in [-0.1, -0.05) is 50.5 Å². The van der Waals surface area contributed by atoms with E-state index in [2.05, 4.69) is 29.0 Å². The third-order valence-electron chi connectivity index (χ3n) is 3.25. The van der Waals surface area contributed by atoms with Gasteiger partial charge >= 0.3 is 0 Å². The fourth-order valence-electron chi connectivity index (χ4n) is 2.23. The molecule has 0 bridgehead atoms. The minimum atomic E-state index is 0.101. The zero-order valence-electron chi connectivity index (χ0n) is 10.9. The highest BCUT2D eigenvalue weighted by molar-refractivity contribution is 5.63. The molecular formula is C15H21N3. The van der Waals surface area contributed by atoms with E-state index in [9.17, 15) is 0 Å². The summed E-state index contributed by atoms with van der Waals surface area (Å²) in [4.78, 5) is 7.31. The molecule has 1 unspecified atom stereocenters. The van der Waals surface area contributed by atoms with Gasteiger partial charge in [0.1, 0.15) is 0 Å². The van der Waals surface area contributed by atoms with Crippen LogP contribution in [0.2, 0.25) is 0 Å². The van der Waals surface area contributed by atoms with Crippen LogP contribution in [-0.4, -0.2) is 9.97 Å². The summed E-state index contributed by atoms with van der Waals surface area (Å²) in [7, 11) is 0. The van der Waals surface area contributed by atoms with E-state index < -0.39 is 0 Å². The second kappa shape index (κ2) is 6.36. The lowest BCUT2D eigenvalue weighted by molar-refractivity contribution is 0.582. The van der Waals surface area contributed by atoms with Gasteiger partial charge < -0.3 is 10.7 Å². The molecule has 1 heterocycles. The standard InChI is InChI=1S/C15H21N3/c1-2-3-4-9-14(16)12-7-5-6-8-13(12)15-10-17-11-18-15/h5-8,10-11,14H,2-4,9,16H2,1H3,(H,17,18). The lowest BCUT2D eigenvalue weighted by Gasteiger charge is -2.15. The SMILES string of the molecule is CCCCCC(N)c1ccccc1-c1c[nH]cn1. The quantitative estimate of drug-likeness (QED) is 0.761. The molecular weight excluding hydrogens is 222 g/mol. The molecule has 3 heteroatoms. The highest BCUT2D eigenvalue weighted by Crippen LogP contribution is 2.27. The average Bonchev–Trinajstić information content (AvgIpc) is 2.93. The monoisotopic (exact) mass is 243 g/mol. The number of imidazole rings is 1. The lowest BCUT2D eigenvalue weighted by atomic mass is 9.95. The Labute approximate surface area is 108 Å². The molecule has 0 saturated carbocycles. The van der Waals surface area contributed by atoms with Gasteiger partial charge in [0.2, 0.25) is 0 Å². The zero-order chi connectivity index (χ0) is 12.8. The topological polar surface area (TPSA) is 54.7 Å². The second-order valence-corrected chi connectivity index (χ2v) is 4.64. The van der Waals surface area contributed by atoms with E-state index in [0.717, 1.165) is 17.7 Å². The van der Waals surface area contributed by atoms with Crippen LogP contribution in [-0.2, 0) is 0 Å². The predicted molar refractivity (Wildman–Crippen MR) is 75.1 cm³/mol. The van der Waals surface area contributed by atoms with E-state index in [-0.39, 0.29) is 6.04 Å². The van der Waals surface area contributed by atoms with Crippen LogP contribution in [0.3, 0.4) is 0 Å². The number of unbranched alkanes of at least 4 members (excludes halogenated alkanes) is 2. The molecule has 3 N–H and O–H groups in total. The normalized spacial score (nSPS) is 12.6. The largest absolute Gasteiger partial charge is 0.351 e. The Morgan fingerprint density at radius 3 is 2.83 bits per heavy atom. The van der Waals surface area contributed by atoms with Gasteiger partial charge in [-0.3, -0.25) is 0 Å². The fourth-order valence-corrected chi connectivity index (χ4v) is 2.23. The van der Waals surface area contributed by atoms with Crippen molar-refractivity contribution in [2.75, 3.05) is 0 Å². The number of aromatic nitrogens is 2. The van der Waals surface area contributed by atoms with E-state index in [1.54, 1.807) is 6.33 Å². The highest BCUT2D eigenvalue weighted by atomic mass is 14.9. The molecule has 2 rings (SSSR count). The summed E-state index contributed by atoms with van der Waals surface area (Å²) in [6.07, 6.45) is 8.32. The number of hydrogen-bond acceptors (Lipinski definition) is 2. The Morgan fingerprint density at radius 1 is 1.28 bits per heavy atom. The van der Waals surface area contributed by atoms with Gasteiger partial charge in [-0.25, -0.2) is 4.98 Å². The van der Waals surface area contributed by atoms with Crippen molar-refractivity contribution >= 4 is 0 Å². The molecule has 0 aliphatic carbocycles. The molecule has 0 fully saturated rings. The van der Waals surface area contributed by atoms with Gasteiger partial charge in [-0.05, 0) is 12.0 Å². The van der Waals surface area contributed by atoms with Crippen LogP contribution in [0.15, 0.2) is 36.8 Å². The van der Waals surface area contributed by atoms with Gasteiger partial charge in [0.15, 0.2) is 0 Å². The molecule has 96 valence electrons. The average molecular weight is 243 g/mol. The summed E-state index contributed by atoms with van der Waals surface area (Å²) < 4.78 is 0. The third kappa shape index (κ3) is 2.99. The number of nitrogens with zero attached hydrogens (tertiary/aromatic N) is 1. The Bertz CT molecular complexity index is 462. The van der Waals surface area contributed by atoms with Gasteiger partial charge in [0.05, 0.1) is 12.0 Å². The number of aromatic amines is 1. The minimum absolute atomic E-state index is 0.101. The molecule has 1 aromatic heterocycles. The number of benzene rings is 1. The van der Waals surface area contributed by atoms with Crippen molar-refractivity contribution in [3.63, 3.8) is 0 Å². The molecule has 0 aliphatic heterocycles. The summed E-state index contributed by atoms with van der Waals surface area (Å²) >= 11 is 0. The van der Waals surface area contributed by atoms with E-state index >= 15 is 0 Å². The first-order valence-corrected chi connectivity index (χ1v) is 6.66. The molecule has 3 nitrogen and oxygen atoms in total. The van der Waals surface area contributed by atoms with Crippen molar-refractivity contribution < 1.29 is 0 Å². The molecule has 0 amide bonds. The van der Waals surface area contributed by atoms with E-state index in [4.69, 9.17) is 5.73 Å². The van der Waals surface area contributed by atoms with Crippen molar-refractivity contribution in [2.24, 2.45) is 5.73 Å². The zero-order valence-corrected chi connectivity index (χ0v) is 10.9. The minimum Gasteiger partial charge on any atom is -0.351 e. The van der Waals surface area contributed by atoms with Crippen LogP contribution in [0, 0.1) is 0 Å². The number of rotatable bonds is 6. The lowest BCUT2D eigenvalue weighted by Crippen LogP contribution is -2.11. The molecule has 1 atom stereocenters. The summed E-state index contributed by atoms with van der Waals surface area (Å²) in [5.74, 6) is 0. The van der Waals surface area contributed by atoms with Crippen molar-refractivity contribution in [3.05, 3.63) is 42.4 Å². The first-order chi connectivity index (χ1) is 8.83. The van der Waals surface area contributed by atoms with Gasteiger partial charge in [0.25, 0.3) is 0 Å². The van der Waals surface area contributed by atoms with E-state index in [0.29, 0.717) is 0 Å². The van der Waals surface area contributed by atoms with Crippen molar-refractivity contribution in [1.82, 2.24) is 9.97 Å². The predicted octanol–water partition coefficient (Wildman–Crippen LogP) is 3.66.